The second-order valence-electron chi connectivity index (χ2n) is 15.0. The molecule has 2 saturated carbocycles. The molecule has 2 heterocycles. The van der Waals surface area contributed by atoms with Crippen molar-refractivity contribution in [2.24, 2.45) is 10.8 Å². The third-order valence-electron chi connectivity index (χ3n) is 12.2. The standard InChI is InChI=1S/C23H28N2O.C17H24N2O/c1-24(2)23(19-9-5-3-6-10-19)15-13-22(14-16-23)17-21(26)25(18-22)20-11-7-4-8-12-20;1-19(2)17(14-6-4-3-5-7-14)10-8-16(9-11-17)12-15(20)18-13-16/h3-12H,13-18H2,1-2H3;3-7H,8-13H2,1-2H3,(H,18,20). The fourth-order valence-corrected chi connectivity index (χ4v) is 9.05. The van der Waals surface area contributed by atoms with Crippen molar-refractivity contribution in [3.8, 4) is 0 Å². The van der Waals surface area contributed by atoms with E-state index in [-0.39, 0.29) is 33.7 Å². The van der Waals surface area contributed by atoms with E-state index in [2.05, 4.69) is 104 Å². The van der Waals surface area contributed by atoms with Crippen LogP contribution in [0.25, 0.3) is 0 Å². The summed E-state index contributed by atoms with van der Waals surface area (Å²) in [6.45, 7) is 1.75. The van der Waals surface area contributed by atoms with E-state index in [9.17, 15) is 9.59 Å². The Labute approximate surface area is 276 Å². The van der Waals surface area contributed by atoms with Crippen LogP contribution in [-0.2, 0) is 20.7 Å². The van der Waals surface area contributed by atoms with Gasteiger partial charge in [0, 0.05) is 42.7 Å². The van der Waals surface area contributed by atoms with Gasteiger partial charge in [-0.05, 0) is 114 Å². The molecule has 1 N–H and O–H groups in total. The van der Waals surface area contributed by atoms with Gasteiger partial charge in [0.05, 0.1) is 0 Å². The molecule has 6 nitrogen and oxygen atoms in total. The Balaban J connectivity index is 0.000000167. The van der Waals surface area contributed by atoms with Crippen molar-refractivity contribution in [2.45, 2.75) is 75.3 Å². The monoisotopic (exact) mass is 620 g/mol. The molecule has 4 aliphatic rings. The van der Waals surface area contributed by atoms with Crippen LogP contribution in [-0.4, -0.2) is 62.9 Å². The summed E-state index contributed by atoms with van der Waals surface area (Å²) in [5.74, 6) is 0.523. The molecule has 2 aliphatic heterocycles. The third kappa shape index (κ3) is 6.14. The molecule has 0 aromatic heterocycles. The minimum absolute atomic E-state index is 0.0930. The van der Waals surface area contributed by atoms with Gasteiger partial charge in [-0.1, -0.05) is 78.9 Å². The van der Waals surface area contributed by atoms with Gasteiger partial charge in [0.2, 0.25) is 11.8 Å². The lowest BCUT2D eigenvalue weighted by molar-refractivity contribution is -0.120. The average Bonchev–Trinajstić information content (AvgIpc) is 3.61. The Morgan fingerprint density at radius 2 is 1.00 bits per heavy atom. The lowest BCUT2D eigenvalue weighted by atomic mass is 9.64. The molecular weight excluding hydrogens is 568 g/mol. The number of nitrogens with zero attached hydrogens (tertiary/aromatic N) is 3. The summed E-state index contributed by atoms with van der Waals surface area (Å²) < 4.78 is 0. The summed E-state index contributed by atoms with van der Waals surface area (Å²) in [5.41, 5.74) is 4.46. The second-order valence-corrected chi connectivity index (χ2v) is 15.0. The Hall–Kier alpha value is -3.48. The molecule has 3 aromatic carbocycles. The van der Waals surface area contributed by atoms with Crippen LogP contribution in [0.5, 0.6) is 0 Å². The van der Waals surface area contributed by atoms with E-state index < -0.39 is 0 Å². The smallest absolute Gasteiger partial charge is 0.227 e. The molecule has 2 saturated heterocycles. The van der Waals surface area contributed by atoms with Gasteiger partial charge >= 0.3 is 0 Å². The summed E-state index contributed by atoms with van der Waals surface area (Å²) in [6, 6.07) is 31.9. The SMILES string of the molecule is CN(C)C1(c2ccccc2)CCC2(CC1)CC(=O)N(c1ccccc1)C2.CN(C)C1(c2ccccc2)CCC2(CC1)CNC(=O)C2. The Morgan fingerprint density at radius 1 is 0.565 bits per heavy atom. The summed E-state index contributed by atoms with van der Waals surface area (Å²) in [6.07, 6.45) is 10.4. The first-order chi connectivity index (χ1) is 22.1. The maximum absolute atomic E-state index is 12.7. The van der Waals surface area contributed by atoms with Gasteiger partial charge in [-0.2, -0.15) is 0 Å². The molecule has 0 atom stereocenters. The number of carbonyl (C=O) groups is 2. The normalized spacial score (nSPS) is 31.0. The van der Waals surface area contributed by atoms with E-state index in [4.69, 9.17) is 0 Å². The van der Waals surface area contributed by atoms with Gasteiger partial charge in [-0.25, -0.2) is 0 Å². The van der Waals surface area contributed by atoms with Gasteiger partial charge < -0.3 is 10.2 Å². The van der Waals surface area contributed by atoms with Crippen LogP contribution in [0.3, 0.4) is 0 Å². The predicted octanol–water partition coefficient (Wildman–Crippen LogP) is 6.96. The van der Waals surface area contributed by atoms with Crippen molar-refractivity contribution in [1.82, 2.24) is 15.1 Å². The topological polar surface area (TPSA) is 55.9 Å². The second kappa shape index (κ2) is 13.0. The molecule has 3 aromatic rings. The number of para-hydroxylation sites is 1. The molecule has 4 fully saturated rings. The third-order valence-corrected chi connectivity index (χ3v) is 12.2. The van der Waals surface area contributed by atoms with Crippen molar-refractivity contribution in [3.63, 3.8) is 0 Å². The van der Waals surface area contributed by atoms with E-state index in [1.165, 1.54) is 11.1 Å². The number of rotatable bonds is 5. The summed E-state index contributed by atoms with van der Waals surface area (Å²) >= 11 is 0. The summed E-state index contributed by atoms with van der Waals surface area (Å²) in [7, 11) is 8.76. The summed E-state index contributed by atoms with van der Waals surface area (Å²) in [5, 5.41) is 3.02. The van der Waals surface area contributed by atoms with Crippen molar-refractivity contribution in [1.29, 1.82) is 0 Å². The van der Waals surface area contributed by atoms with Crippen molar-refractivity contribution in [2.75, 3.05) is 46.2 Å². The number of benzene rings is 3. The first kappa shape index (κ1) is 32.5. The molecule has 6 heteroatoms. The minimum Gasteiger partial charge on any atom is -0.356 e. The first-order valence-corrected chi connectivity index (χ1v) is 17.2. The quantitative estimate of drug-likeness (QED) is 0.335. The fraction of sp³-hybridized carbons (Fsp3) is 0.500. The number of carbonyl (C=O) groups excluding carboxylic acids is 2. The molecule has 0 radical (unpaired) electrons. The number of anilines is 1. The van der Waals surface area contributed by atoms with Crippen LogP contribution in [0.2, 0.25) is 0 Å². The zero-order chi connectivity index (χ0) is 32.4. The maximum Gasteiger partial charge on any atom is 0.227 e. The molecule has 7 rings (SSSR count). The highest BCUT2D eigenvalue weighted by atomic mass is 16.2. The number of amides is 2. The van der Waals surface area contributed by atoms with Gasteiger partial charge in [0.15, 0.2) is 0 Å². The zero-order valence-corrected chi connectivity index (χ0v) is 28.3. The Kier molecular flexibility index (Phi) is 9.15. The van der Waals surface area contributed by atoms with Gasteiger partial charge in [-0.3, -0.25) is 19.4 Å². The van der Waals surface area contributed by atoms with Gasteiger partial charge in [0.1, 0.15) is 0 Å². The fourth-order valence-electron chi connectivity index (χ4n) is 9.05. The van der Waals surface area contributed by atoms with Crippen LogP contribution in [0.4, 0.5) is 5.69 Å². The van der Waals surface area contributed by atoms with Crippen LogP contribution in [0.15, 0.2) is 91.0 Å². The number of hydrogen-bond acceptors (Lipinski definition) is 4. The first-order valence-electron chi connectivity index (χ1n) is 17.2. The number of nitrogens with one attached hydrogen (secondary N) is 1. The Bertz CT molecular complexity index is 1470. The van der Waals surface area contributed by atoms with Gasteiger partial charge in [-0.15, -0.1) is 0 Å². The lowest BCUT2D eigenvalue weighted by Crippen LogP contribution is -2.47. The van der Waals surface area contributed by atoms with Crippen LogP contribution < -0.4 is 10.2 Å². The molecule has 2 spiro atoms. The Morgan fingerprint density at radius 3 is 1.41 bits per heavy atom. The highest BCUT2D eigenvalue weighted by Gasteiger charge is 2.51. The minimum atomic E-state index is 0.0930. The molecule has 0 unspecified atom stereocenters. The van der Waals surface area contributed by atoms with Gasteiger partial charge in [0.25, 0.3) is 0 Å². The number of hydrogen-bond donors (Lipinski definition) is 1. The molecule has 2 aliphatic carbocycles. The van der Waals surface area contributed by atoms with Crippen LogP contribution in [0.1, 0.15) is 75.3 Å². The van der Waals surface area contributed by atoms with E-state index in [1.807, 2.05) is 35.2 Å². The molecular formula is C40H52N4O2. The lowest BCUT2D eigenvalue weighted by Gasteiger charge is -2.48. The predicted molar refractivity (Wildman–Crippen MR) is 186 cm³/mol. The van der Waals surface area contributed by atoms with Crippen molar-refractivity contribution >= 4 is 17.5 Å². The maximum atomic E-state index is 12.7. The largest absolute Gasteiger partial charge is 0.356 e. The van der Waals surface area contributed by atoms with E-state index in [1.54, 1.807) is 0 Å². The van der Waals surface area contributed by atoms with E-state index in [0.717, 1.165) is 76.6 Å². The zero-order valence-electron chi connectivity index (χ0n) is 28.3. The molecule has 244 valence electrons. The average molecular weight is 621 g/mol. The van der Waals surface area contributed by atoms with Crippen LogP contribution in [0, 0.1) is 10.8 Å². The highest BCUT2D eigenvalue weighted by Crippen LogP contribution is 2.53. The molecule has 2 amide bonds. The van der Waals surface area contributed by atoms with Crippen molar-refractivity contribution < 1.29 is 9.59 Å². The van der Waals surface area contributed by atoms with E-state index >= 15 is 0 Å². The molecule has 0 bridgehead atoms. The van der Waals surface area contributed by atoms with E-state index in [0.29, 0.717) is 6.42 Å². The van der Waals surface area contributed by atoms with Crippen molar-refractivity contribution in [3.05, 3.63) is 102 Å². The highest BCUT2D eigenvalue weighted by molar-refractivity contribution is 5.96. The summed E-state index contributed by atoms with van der Waals surface area (Å²) in [4.78, 5) is 31.1. The molecule has 46 heavy (non-hydrogen) atoms. The van der Waals surface area contributed by atoms with Crippen LogP contribution >= 0.6 is 0 Å².